The van der Waals surface area contributed by atoms with Crippen LogP contribution in [0.25, 0.3) is 0 Å². The molecule has 1 aliphatic rings. The molecule has 4 nitrogen and oxygen atoms in total. The predicted octanol–water partition coefficient (Wildman–Crippen LogP) is 3.34. The average molecular weight is 292 g/mol. The lowest BCUT2D eigenvalue weighted by Crippen LogP contribution is -2.52. The highest BCUT2D eigenvalue weighted by Gasteiger charge is 2.31. The molecule has 4 heteroatoms. The third-order valence-corrected chi connectivity index (χ3v) is 5.46. The summed E-state index contributed by atoms with van der Waals surface area (Å²) in [7, 11) is 0. The summed E-state index contributed by atoms with van der Waals surface area (Å²) < 4.78 is 2.19. The van der Waals surface area contributed by atoms with Gasteiger partial charge in [-0.05, 0) is 38.3 Å². The number of hydrogen-bond donors (Lipinski definition) is 1. The van der Waals surface area contributed by atoms with Gasteiger partial charge in [0.25, 0.3) is 0 Å². The third-order valence-electron chi connectivity index (χ3n) is 5.46. The van der Waals surface area contributed by atoms with E-state index >= 15 is 0 Å². The lowest BCUT2D eigenvalue weighted by atomic mass is 9.90. The second kappa shape index (κ2) is 7.41. The average Bonchev–Trinajstić information content (AvgIpc) is 3.19. The lowest BCUT2D eigenvalue weighted by Gasteiger charge is -2.41. The van der Waals surface area contributed by atoms with Gasteiger partial charge in [-0.25, -0.2) is 0 Å². The molecule has 1 saturated carbocycles. The minimum absolute atomic E-state index is 0.117. The Hall–Kier alpha value is -0.870. The standard InChI is InChI=1S/C17H32N4/c1-4-17(5-2,14-18)20(6-3)13-15-11-12-21(19-15)16-9-7-8-10-16/h11-12,16H,4-10,13-14,18H2,1-3H3. The van der Waals surface area contributed by atoms with Gasteiger partial charge in [-0.3, -0.25) is 9.58 Å². The van der Waals surface area contributed by atoms with Crippen LogP contribution in [0.2, 0.25) is 0 Å². The van der Waals surface area contributed by atoms with Crippen molar-refractivity contribution in [3.8, 4) is 0 Å². The normalized spacial score (nSPS) is 17.0. The zero-order valence-corrected chi connectivity index (χ0v) is 14.0. The van der Waals surface area contributed by atoms with Crippen LogP contribution in [-0.4, -0.2) is 33.3 Å². The van der Waals surface area contributed by atoms with Crippen LogP contribution in [0.1, 0.15) is 71.0 Å². The van der Waals surface area contributed by atoms with Gasteiger partial charge in [-0.2, -0.15) is 5.10 Å². The van der Waals surface area contributed by atoms with Gasteiger partial charge in [0.2, 0.25) is 0 Å². The maximum atomic E-state index is 6.10. The molecule has 0 spiro atoms. The second-order valence-electron chi connectivity index (χ2n) is 6.38. The Morgan fingerprint density at radius 3 is 2.48 bits per heavy atom. The zero-order valence-electron chi connectivity index (χ0n) is 14.0. The first-order chi connectivity index (χ1) is 10.2. The van der Waals surface area contributed by atoms with Crippen molar-refractivity contribution in [3.05, 3.63) is 18.0 Å². The first-order valence-corrected chi connectivity index (χ1v) is 8.68. The lowest BCUT2D eigenvalue weighted by molar-refractivity contribution is 0.0812. The SMILES string of the molecule is CCN(Cc1ccn(C2CCCC2)n1)C(CC)(CC)CN. The minimum atomic E-state index is 0.117. The van der Waals surface area contributed by atoms with Crippen molar-refractivity contribution in [2.45, 2.75) is 77.4 Å². The van der Waals surface area contributed by atoms with E-state index < -0.39 is 0 Å². The summed E-state index contributed by atoms with van der Waals surface area (Å²) >= 11 is 0. The number of nitrogens with two attached hydrogens (primary N) is 1. The molecular formula is C17H32N4. The van der Waals surface area contributed by atoms with E-state index in [4.69, 9.17) is 10.8 Å². The number of hydrogen-bond acceptors (Lipinski definition) is 3. The maximum absolute atomic E-state index is 6.10. The highest BCUT2D eigenvalue weighted by atomic mass is 15.3. The molecular weight excluding hydrogens is 260 g/mol. The third kappa shape index (κ3) is 3.49. The molecule has 0 bridgehead atoms. The largest absolute Gasteiger partial charge is 0.329 e. The predicted molar refractivity (Wildman–Crippen MR) is 88.2 cm³/mol. The van der Waals surface area contributed by atoms with E-state index in [-0.39, 0.29) is 5.54 Å². The zero-order chi connectivity index (χ0) is 15.3. The van der Waals surface area contributed by atoms with Gasteiger partial charge in [-0.1, -0.05) is 33.6 Å². The van der Waals surface area contributed by atoms with Gasteiger partial charge in [0.1, 0.15) is 0 Å². The minimum Gasteiger partial charge on any atom is -0.329 e. The summed E-state index contributed by atoms with van der Waals surface area (Å²) in [6.07, 6.45) is 9.63. The van der Waals surface area contributed by atoms with Gasteiger partial charge in [-0.15, -0.1) is 0 Å². The Morgan fingerprint density at radius 1 is 1.29 bits per heavy atom. The van der Waals surface area contributed by atoms with Crippen LogP contribution in [0, 0.1) is 0 Å². The molecule has 0 atom stereocenters. The van der Waals surface area contributed by atoms with Gasteiger partial charge in [0.15, 0.2) is 0 Å². The topological polar surface area (TPSA) is 47.1 Å². The Bertz CT molecular complexity index is 408. The van der Waals surface area contributed by atoms with Crippen LogP contribution < -0.4 is 5.73 Å². The molecule has 0 unspecified atom stereocenters. The quantitative estimate of drug-likeness (QED) is 0.799. The number of likely N-dealkylation sites (N-methyl/N-ethyl adjacent to an activating group) is 1. The maximum Gasteiger partial charge on any atom is 0.0765 e. The summed E-state index contributed by atoms with van der Waals surface area (Å²) in [5.41, 5.74) is 7.40. The van der Waals surface area contributed by atoms with E-state index in [1.54, 1.807) is 0 Å². The van der Waals surface area contributed by atoms with E-state index in [0.29, 0.717) is 6.04 Å². The van der Waals surface area contributed by atoms with Crippen LogP contribution in [0.15, 0.2) is 12.3 Å². The van der Waals surface area contributed by atoms with E-state index in [9.17, 15) is 0 Å². The summed E-state index contributed by atoms with van der Waals surface area (Å²) in [4.78, 5) is 2.51. The molecule has 1 fully saturated rings. The van der Waals surface area contributed by atoms with Crippen molar-refractivity contribution in [1.29, 1.82) is 0 Å². The van der Waals surface area contributed by atoms with Crippen LogP contribution in [-0.2, 0) is 6.54 Å². The van der Waals surface area contributed by atoms with E-state index in [1.165, 1.54) is 31.4 Å². The first kappa shape index (κ1) is 16.5. The smallest absolute Gasteiger partial charge is 0.0765 e. The Kier molecular flexibility index (Phi) is 5.82. The van der Waals surface area contributed by atoms with Gasteiger partial charge in [0.05, 0.1) is 11.7 Å². The fraction of sp³-hybridized carbons (Fsp3) is 0.824. The van der Waals surface area contributed by atoms with Gasteiger partial charge < -0.3 is 5.73 Å². The molecule has 120 valence electrons. The number of aromatic nitrogens is 2. The summed E-state index contributed by atoms with van der Waals surface area (Å²) in [6.45, 7) is 9.37. The molecule has 1 aromatic heterocycles. The molecule has 0 amide bonds. The molecule has 2 N–H and O–H groups in total. The highest BCUT2D eigenvalue weighted by molar-refractivity contribution is 5.02. The highest BCUT2D eigenvalue weighted by Crippen LogP contribution is 2.29. The van der Waals surface area contributed by atoms with Crippen molar-refractivity contribution < 1.29 is 0 Å². The van der Waals surface area contributed by atoms with Crippen molar-refractivity contribution in [3.63, 3.8) is 0 Å². The van der Waals surface area contributed by atoms with Crippen molar-refractivity contribution >= 4 is 0 Å². The van der Waals surface area contributed by atoms with E-state index in [1.807, 2.05) is 0 Å². The molecule has 2 rings (SSSR count). The second-order valence-corrected chi connectivity index (χ2v) is 6.38. The Labute approximate surface area is 129 Å². The van der Waals surface area contributed by atoms with Crippen LogP contribution >= 0.6 is 0 Å². The van der Waals surface area contributed by atoms with E-state index in [2.05, 4.69) is 42.6 Å². The first-order valence-electron chi connectivity index (χ1n) is 8.68. The molecule has 21 heavy (non-hydrogen) atoms. The summed E-state index contributed by atoms with van der Waals surface area (Å²) in [5, 5.41) is 4.83. The molecule has 0 aromatic carbocycles. The van der Waals surface area contributed by atoms with Crippen molar-refractivity contribution in [1.82, 2.24) is 14.7 Å². The molecule has 0 saturated heterocycles. The molecule has 0 aliphatic heterocycles. The Balaban J connectivity index is 2.07. The van der Waals surface area contributed by atoms with E-state index in [0.717, 1.165) is 32.5 Å². The molecule has 0 radical (unpaired) electrons. The number of rotatable bonds is 8. The van der Waals surface area contributed by atoms with Gasteiger partial charge in [0, 0.05) is 24.8 Å². The van der Waals surface area contributed by atoms with Crippen molar-refractivity contribution in [2.75, 3.05) is 13.1 Å². The molecule has 1 aromatic rings. The number of nitrogens with zero attached hydrogens (tertiary/aromatic N) is 3. The molecule has 1 heterocycles. The van der Waals surface area contributed by atoms with Gasteiger partial charge >= 0.3 is 0 Å². The fourth-order valence-corrected chi connectivity index (χ4v) is 3.76. The van der Waals surface area contributed by atoms with Crippen molar-refractivity contribution in [2.24, 2.45) is 5.73 Å². The fourth-order valence-electron chi connectivity index (χ4n) is 3.76. The Morgan fingerprint density at radius 2 is 1.95 bits per heavy atom. The summed E-state index contributed by atoms with van der Waals surface area (Å²) in [5.74, 6) is 0. The summed E-state index contributed by atoms with van der Waals surface area (Å²) in [6, 6.07) is 2.82. The van der Waals surface area contributed by atoms with Crippen LogP contribution in [0.4, 0.5) is 0 Å². The van der Waals surface area contributed by atoms with Crippen LogP contribution in [0.5, 0.6) is 0 Å². The monoisotopic (exact) mass is 292 g/mol. The van der Waals surface area contributed by atoms with Crippen LogP contribution in [0.3, 0.4) is 0 Å². The molecule has 1 aliphatic carbocycles.